The molecule has 1 unspecified atom stereocenters. The summed E-state index contributed by atoms with van der Waals surface area (Å²) in [6, 6.07) is 5.78. The Balaban J connectivity index is 1.75. The molecule has 1 aliphatic rings. The Hall–Kier alpha value is -2.67. The number of amides is 2. The minimum Gasteiger partial charge on any atom is -0.359 e. The summed E-state index contributed by atoms with van der Waals surface area (Å²) in [6.07, 6.45) is 3.96. The molecule has 0 bridgehead atoms. The van der Waals surface area contributed by atoms with Crippen molar-refractivity contribution in [3.63, 3.8) is 0 Å². The second kappa shape index (κ2) is 7.70. The first kappa shape index (κ1) is 18.1. The number of hydrogen-bond donors (Lipinski definition) is 2. The molecule has 2 aromatic rings. The number of nitrogens with one attached hydrogen (secondary N) is 2. The van der Waals surface area contributed by atoms with Gasteiger partial charge in [-0.2, -0.15) is 5.10 Å². The molecule has 1 saturated heterocycles. The Bertz CT molecular complexity index is 814. The number of carbonyl (C=O) groups is 2. The van der Waals surface area contributed by atoms with Crippen LogP contribution in [0.2, 0.25) is 0 Å². The molecule has 1 aliphatic heterocycles. The molecule has 0 saturated carbocycles. The average Bonchev–Trinajstić information content (AvgIpc) is 3.08. The van der Waals surface area contributed by atoms with Crippen molar-refractivity contribution in [2.45, 2.75) is 32.9 Å². The standard InChI is InChI=1S/C19H25N5O2/c1-13-4-5-16(8-14(13)2)24-12-15(10-22-24)11-23-7-6-21-19(26)17(23)9-18(25)20-3/h4-5,8,10,12,17H,6-7,9,11H2,1-3H3,(H,20,25)(H,21,26). The first-order valence-electron chi connectivity index (χ1n) is 8.81. The summed E-state index contributed by atoms with van der Waals surface area (Å²) in [7, 11) is 1.58. The van der Waals surface area contributed by atoms with Crippen molar-refractivity contribution in [3.05, 3.63) is 47.3 Å². The highest BCUT2D eigenvalue weighted by Gasteiger charge is 2.31. The van der Waals surface area contributed by atoms with Crippen molar-refractivity contribution in [2.24, 2.45) is 0 Å². The van der Waals surface area contributed by atoms with Gasteiger partial charge in [0, 0.05) is 38.4 Å². The predicted octanol–water partition coefficient (Wildman–Crippen LogP) is 0.926. The van der Waals surface area contributed by atoms with Gasteiger partial charge in [0.15, 0.2) is 0 Å². The van der Waals surface area contributed by atoms with Crippen LogP contribution in [0.25, 0.3) is 5.69 Å². The fourth-order valence-electron chi connectivity index (χ4n) is 3.14. The van der Waals surface area contributed by atoms with Gasteiger partial charge in [0.05, 0.1) is 24.3 Å². The van der Waals surface area contributed by atoms with Crippen molar-refractivity contribution >= 4 is 11.8 Å². The van der Waals surface area contributed by atoms with Gasteiger partial charge in [0.1, 0.15) is 0 Å². The maximum atomic E-state index is 12.2. The van der Waals surface area contributed by atoms with E-state index in [0.717, 1.165) is 11.3 Å². The minimum atomic E-state index is -0.450. The molecule has 2 N–H and O–H groups in total. The molecular formula is C19H25N5O2. The number of hydrogen-bond acceptors (Lipinski definition) is 4. The SMILES string of the molecule is CNC(=O)CC1C(=O)NCCN1Cc1cnn(-c2ccc(C)c(C)c2)c1. The molecule has 1 aromatic heterocycles. The van der Waals surface area contributed by atoms with E-state index in [-0.39, 0.29) is 18.2 Å². The van der Waals surface area contributed by atoms with Crippen LogP contribution in [0.5, 0.6) is 0 Å². The van der Waals surface area contributed by atoms with Crippen LogP contribution >= 0.6 is 0 Å². The summed E-state index contributed by atoms with van der Waals surface area (Å²) in [5.41, 5.74) is 4.49. The van der Waals surface area contributed by atoms with E-state index in [2.05, 4.69) is 41.7 Å². The first-order valence-corrected chi connectivity index (χ1v) is 8.81. The molecule has 0 aliphatic carbocycles. The molecule has 2 amide bonds. The van der Waals surface area contributed by atoms with E-state index in [4.69, 9.17) is 0 Å². The Labute approximate surface area is 153 Å². The Kier molecular flexibility index (Phi) is 5.37. The monoisotopic (exact) mass is 355 g/mol. The molecule has 0 radical (unpaired) electrons. The number of piperazine rings is 1. The third-order valence-electron chi connectivity index (χ3n) is 4.88. The van der Waals surface area contributed by atoms with Crippen LogP contribution in [-0.2, 0) is 16.1 Å². The number of aromatic nitrogens is 2. The van der Waals surface area contributed by atoms with E-state index in [1.165, 1.54) is 11.1 Å². The zero-order valence-corrected chi connectivity index (χ0v) is 15.5. The van der Waals surface area contributed by atoms with Gasteiger partial charge in [0.25, 0.3) is 0 Å². The van der Waals surface area contributed by atoms with Crippen molar-refractivity contribution in [3.8, 4) is 5.69 Å². The minimum absolute atomic E-state index is 0.0959. The molecule has 3 rings (SSSR count). The molecule has 1 fully saturated rings. The van der Waals surface area contributed by atoms with Gasteiger partial charge in [-0.05, 0) is 37.1 Å². The predicted molar refractivity (Wildman–Crippen MR) is 98.9 cm³/mol. The van der Waals surface area contributed by atoms with E-state index in [1.807, 2.05) is 28.0 Å². The van der Waals surface area contributed by atoms with E-state index < -0.39 is 6.04 Å². The van der Waals surface area contributed by atoms with Gasteiger partial charge in [-0.1, -0.05) is 6.07 Å². The van der Waals surface area contributed by atoms with Crippen molar-refractivity contribution in [2.75, 3.05) is 20.1 Å². The van der Waals surface area contributed by atoms with Crippen LogP contribution in [0.3, 0.4) is 0 Å². The van der Waals surface area contributed by atoms with Gasteiger partial charge in [-0.15, -0.1) is 0 Å². The molecular weight excluding hydrogens is 330 g/mol. The summed E-state index contributed by atoms with van der Waals surface area (Å²) in [5, 5.41) is 9.88. The Morgan fingerprint density at radius 1 is 1.35 bits per heavy atom. The lowest BCUT2D eigenvalue weighted by Crippen LogP contribution is -2.55. The summed E-state index contributed by atoms with van der Waals surface area (Å²) in [6.45, 7) is 6.05. The molecule has 1 atom stereocenters. The van der Waals surface area contributed by atoms with Crippen LogP contribution in [0.1, 0.15) is 23.1 Å². The Morgan fingerprint density at radius 3 is 2.88 bits per heavy atom. The lowest BCUT2D eigenvalue weighted by molar-refractivity contribution is -0.134. The average molecular weight is 355 g/mol. The van der Waals surface area contributed by atoms with Crippen LogP contribution in [0.15, 0.2) is 30.6 Å². The summed E-state index contributed by atoms with van der Waals surface area (Å²) < 4.78 is 1.85. The number of carbonyl (C=O) groups excluding carboxylic acids is 2. The van der Waals surface area contributed by atoms with Crippen LogP contribution < -0.4 is 10.6 Å². The molecule has 138 valence electrons. The lowest BCUT2D eigenvalue weighted by atomic mass is 10.1. The normalized spacial score (nSPS) is 17.8. The molecule has 0 spiro atoms. The highest BCUT2D eigenvalue weighted by molar-refractivity contribution is 5.88. The summed E-state index contributed by atoms with van der Waals surface area (Å²) in [4.78, 5) is 26.0. The fraction of sp³-hybridized carbons (Fsp3) is 0.421. The third-order valence-corrected chi connectivity index (χ3v) is 4.88. The molecule has 2 heterocycles. The third kappa shape index (κ3) is 3.94. The van der Waals surface area contributed by atoms with Gasteiger partial charge in [-0.3, -0.25) is 14.5 Å². The number of nitrogens with zero attached hydrogens (tertiary/aromatic N) is 3. The first-order chi connectivity index (χ1) is 12.5. The van der Waals surface area contributed by atoms with Gasteiger partial charge in [0.2, 0.25) is 11.8 Å². The maximum Gasteiger partial charge on any atom is 0.237 e. The highest BCUT2D eigenvalue weighted by Crippen LogP contribution is 2.17. The number of aryl methyl sites for hydroxylation is 2. The van der Waals surface area contributed by atoms with Crippen LogP contribution in [-0.4, -0.2) is 52.7 Å². The molecule has 7 heteroatoms. The smallest absolute Gasteiger partial charge is 0.237 e. The topological polar surface area (TPSA) is 79.3 Å². The molecule has 26 heavy (non-hydrogen) atoms. The Morgan fingerprint density at radius 2 is 2.15 bits per heavy atom. The second-order valence-corrected chi connectivity index (χ2v) is 6.72. The van der Waals surface area contributed by atoms with Crippen molar-refractivity contribution < 1.29 is 9.59 Å². The largest absolute Gasteiger partial charge is 0.359 e. The summed E-state index contributed by atoms with van der Waals surface area (Å²) >= 11 is 0. The van der Waals surface area contributed by atoms with E-state index in [1.54, 1.807) is 7.05 Å². The highest BCUT2D eigenvalue weighted by atomic mass is 16.2. The van der Waals surface area contributed by atoms with E-state index >= 15 is 0 Å². The lowest BCUT2D eigenvalue weighted by Gasteiger charge is -2.34. The van der Waals surface area contributed by atoms with Crippen LogP contribution in [0.4, 0.5) is 0 Å². The van der Waals surface area contributed by atoms with Gasteiger partial charge in [-0.25, -0.2) is 4.68 Å². The second-order valence-electron chi connectivity index (χ2n) is 6.72. The van der Waals surface area contributed by atoms with Gasteiger partial charge >= 0.3 is 0 Å². The number of benzene rings is 1. The van der Waals surface area contributed by atoms with E-state index in [0.29, 0.717) is 19.6 Å². The fourth-order valence-corrected chi connectivity index (χ4v) is 3.14. The van der Waals surface area contributed by atoms with Crippen molar-refractivity contribution in [1.29, 1.82) is 0 Å². The molecule has 7 nitrogen and oxygen atoms in total. The summed E-state index contributed by atoms with van der Waals surface area (Å²) in [5.74, 6) is -0.232. The van der Waals surface area contributed by atoms with Crippen LogP contribution in [0, 0.1) is 13.8 Å². The molecule has 1 aromatic carbocycles. The zero-order valence-electron chi connectivity index (χ0n) is 15.5. The maximum absolute atomic E-state index is 12.2. The van der Waals surface area contributed by atoms with E-state index in [9.17, 15) is 9.59 Å². The van der Waals surface area contributed by atoms with Crippen molar-refractivity contribution in [1.82, 2.24) is 25.3 Å². The quantitative estimate of drug-likeness (QED) is 0.836. The zero-order chi connectivity index (χ0) is 18.7. The number of rotatable bonds is 5. The van der Waals surface area contributed by atoms with Gasteiger partial charge < -0.3 is 10.6 Å².